The van der Waals surface area contributed by atoms with E-state index in [1.165, 1.54) is 6.92 Å². The normalized spacial score (nSPS) is 26.4. The second-order valence-corrected chi connectivity index (χ2v) is 18.0. The molecule has 3 fully saturated rings. The van der Waals surface area contributed by atoms with Gasteiger partial charge in [-0.3, -0.25) is 4.79 Å². The predicted octanol–water partition coefficient (Wildman–Crippen LogP) is 6.71. The molecule has 4 aromatic carbocycles. The van der Waals surface area contributed by atoms with E-state index in [2.05, 4.69) is 21.2 Å². The molecule has 3 aliphatic heterocycles. The number of fused-ring (bicyclic) bond motifs is 1. The summed E-state index contributed by atoms with van der Waals surface area (Å²) in [6.45, 7) is 9.01. The lowest BCUT2D eigenvalue weighted by molar-refractivity contribution is -0.382. The summed E-state index contributed by atoms with van der Waals surface area (Å²) in [7, 11) is 0. The van der Waals surface area contributed by atoms with Gasteiger partial charge in [-0.1, -0.05) is 137 Å². The maximum Gasteiger partial charge on any atom is 0.217 e. The average Bonchev–Trinajstić information content (AvgIpc) is 3.40. The molecule has 11 atom stereocenters. The number of nitrogens with one attached hydrogen (secondary N) is 1. The van der Waals surface area contributed by atoms with E-state index in [0.717, 1.165) is 27.6 Å². The van der Waals surface area contributed by atoms with Crippen molar-refractivity contribution in [3.05, 3.63) is 144 Å². The topological polar surface area (TPSA) is 158 Å². The first-order valence-electron chi connectivity index (χ1n) is 24.5. The van der Waals surface area contributed by atoms with Crippen LogP contribution in [-0.4, -0.2) is 152 Å². The van der Waals surface area contributed by atoms with E-state index in [-0.39, 0.29) is 38.9 Å². The Morgan fingerprint density at radius 1 is 0.535 bits per heavy atom. The van der Waals surface area contributed by atoms with Gasteiger partial charge in [0.1, 0.15) is 42.7 Å². The minimum Gasteiger partial charge on any atom is -0.378 e. The van der Waals surface area contributed by atoms with Gasteiger partial charge in [-0.25, -0.2) is 0 Å². The van der Waals surface area contributed by atoms with Crippen molar-refractivity contribution < 1.29 is 71.1 Å². The Bertz CT molecular complexity index is 2030. The van der Waals surface area contributed by atoms with E-state index in [1.807, 2.05) is 128 Å². The molecule has 3 saturated heterocycles. The Kier molecular flexibility index (Phi) is 24.1. The van der Waals surface area contributed by atoms with Crippen LogP contribution >= 0.6 is 15.9 Å². The highest BCUT2D eigenvalue weighted by atomic mass is 79.9. The number of hydrogen-bond acceptors (Lipinski definition) is 15. The molecule has 0 radical (unpaired) electrons. The molecule has 3 aliphatic rings. The SMILES string of the molecule is CC(=O)N[C@H]1[C@H](OCCOCCOCCOCCOCCOCCBr)O[C@@H]2COC(c3ccccc3)O[C@H]2[C@@H]1O[C@@H]1O[C@@H](C)[C@@H](OCc2ccccc2)[C@@H](OCc2ccccc2)[C@@H]1OCc1ccccc1. The fourth-order valence-electron chi connectivity index (χ4n) is 8.44. The monoisotopic (exact) mass is 1050 g/mol. The van der Waals surface area contributed by atoms with Crippen LogP contribution in [-0.2, 0) is 90.9 Å². The Morgan fingerprint density at radius 3 is 1.51 bits per heavy atom. The molecule has 1 N–H and O–H groups in total. The largest absolute Gasteiger partial charge is 0.378 e. The maximum atomic E-state index is 13.2. The van der Waals surface area contributed by atoms with Gasteiger partial charge >= 0.3 is 0 Å². The summed E-state index contributed by atoms with van der Waals surface area (Å²) in [4.78, 5) is 13.2. The maximum absolute atomic E-state index is 13.2. The van der Waals surface area contributed by atoms with Crippen LogP contribution in [0.3, 0.4) is 0 Å². The van der Waals surface area contributed by atoms with Crippen molar-refractivity contribution in [2.45, 2.75) is 101 Å². The van der Waals surface area contributed by atoms with Crippen molar-refractivity contribution in [2.24, 2.45) is 0 Å². The zero-order chi connectivity index (χ0) is 49.3. The van der Waals surface area contributed by atoms with Gasteiger partial charge in [0.2, 0.25) is 5.91 Å². The fourth-order valence-corrected chi connectivity index (χ4v) is 8.67. The quantitative estimate of drug-likeness (QED) is 0.0419. The molecule has 1 unspecified atom stereocenters. The third-order valence-corrected chi connectivity index (χ3v) is 12.2. The zero-order valence-electron chi connectivity index (χ0n) is 40.7. The highest BCUT2D eigenvalue weighted by molar-refractivity contribution is 9.09. The standard InChI is InChI=1S/C54H70BrNO15/c1-39-47(64-35-41-15-7-3-8-16-41)50(65-36-42-17-9-4-10-18-42)51(66-37-43-19-11-5-12-20-43)54(68-39)71-49-46(56-40(2)57)53(69-45-38-67-52(70-48(45)49)44-21-13-6-14-22-44)63-34-33-62-32-31-61-30-29-60-28-27-59-26-25-58-24-23-55/h3-22,39,45-54H,23-38H2,1-2H3,(H,56,57)/t39-,45+,46+,47+,48+,49+,50+,51-,52?,53+,54-/m0/s1. The fraction of sp³-hybridized carbons (Fsp3) is 0.537. The van der Waals surface area contributed by atoms with E-state index in [0.29, 0.717) is 66.1 Å². The van der Waals surface area contributed by atoms with Gasteiger partial charge < -0.3 is 71.6 Å². The van der Waals surface area contributed by atoms with Crippen molar-refractivity contribution in [3.8, 4) is 0 Å². The third kappa shape index (κ3) is 18.0. The molecular weight excluding hydrogens is 982 g/mol. The molecule has 388 valence electrons. The minimum atomic E-state index is -1.05. The first-order valence-corrected chi connectivity index (χ1v) is 25.7. The van der Waals surface area contributed by atoms with Crippen molar-refractivity contribution >= 4 is 21.8 Å². The lowest BCUT2D eigenvalue weighted by Crippen LogP contribution is -2.69. The highest BCUT2D eigenvalue weighted by Crippen LogP contribution is 2.39. The molecule has 16 nitrogen and oxygen atoms in total. The second kappa shape index (κ2) is 31.1. The summed E-state index contributed by atoms with van der Waals surface area (Å²) < 4.78 is 88.6. The molecule has 17 heteroatoms. The van der Waals surface area contributed by atoms with E-state index in [9.17, 15) is 4.79 Å². The van der Waals surface area contributed by atoms with E-state index >= 15 is 0 Å². The van der Waals surface area contributed by atoms with Crippen LogP contribution in [0.5, 0.6) is 0 Å². The molecule has 0 bridgehead atoms. The smallest absolute Gasteiger partial charge is 0.217 e. The molecule has 0 aliphatic carbocycles. The Labute approximate surface area is 426 Å². The molecule has 0 saturated carbocycles. The van der Waals surface area contributed by atoms with Crippen molar-refractivity contribution in [1.29, 1.82) is 0 Å². The van der Waals surface area contributed by atoms with Crippen LogP contribution in [0, 0.1) is 0 Å². The van der Waals surface area contributed by atoms with Crippen molar-refractivity contribution in [2.75, 3.05) is 84.6 Å². The van der Waals surface area contributed by atoms with Gasteiger partial charge in [-0.2, -0.15) is 0 Å². The van der Waals surface area contributed by atoms with Gasteiger partial charge in [0.25, 0.3) is 0 Å². The van der Waals surface area contributed by atoms with Crippen molar-refractivity contribution in [1.82, 2.24) is 5.32 Å². The average molecular weight is 1050 g/mol. The van der Waals surface area contributed by atoms with Crippen LogP contribution in [0.1, 0.15) is 42.4 Å². The summed E-state index contributed by atoms with van der Waals surface area (Å²) in [6.07, 6.45) is -7.75. The number of halogens is 1. The lowest BCUT2D eigenvalue weighted by Gasteiger charge is -2.52. The van der Waals surface area contributed by atoms with Crippen LogP contribution in [0.2, 0.25) is 0 Å². The number of carbonyl (C=O) groups excluding carboxylic acids is 1. The Hall–Kier alpha value is -3.73. The van der Waals surface area contributed by atoms with Crippen LogP contribution in [0.4, 0.5) is 0 Å². The van der Waals surface area contributed by atoms with E-state index in [1.54, 1.807) is 0 Å². The molecule has 0 aromatic heterocycles. The molecular formula is C54H70BrNO15. The summed E-state index contributed by atoms with van der Waals surface area (Å²) in [5, 5.41) is 3.88. The van der Waals surface area contributed by atoms with Gasteiger partial charge in [-0.15, -0.1) is 0 Å². The van der Waals surface area contributed by atoms with E-state index < -0.39 is 67.6 Å². The summed E-state index contributed by atoms with van der Waals surface area (Å²) in [5.74, 6) is -0.320. The summed E-state index contributed by atoms with van der Waals surface area (Å²) in [5.41, 5.74) is 3.76. The first kappa shape index (κ1) is 55.0. The van der Waals surface area contributed by atoms with Gasteiger partial charge in [0.15, 0.2) is 18.9 Å². The van der Waals surface area contributed by atoms with Crippen LogP contribution in [0.25, 0.3) is 0 Å². The van der Waals surface area contributed by atoms with Gasteiger partial charge in [-0.05, 0) is 23.6 Å². The first-order chi connectivity index (χ1) is 35.0. The minimum absolute atomic E-state index is 0.138. The van der Waals surface area contributed by atoms with E-state index in [4.69, 9.17) is 66.3 Å². The van der Waals surface area contributed by atoms with Crippen LogP contribution < -0.4 is 5.32 Å². The highest BCUT2D eigenvalue weighted by Gasteiger charge is 2.55. The second-order valence-electron chi connectivity index (χ2n) is 17.2. The van der Waals surface area contributed by atoms with Gasteiger partial charge in [0, 0.05) is 17.8 Å². The molecule has 1 amide bonds. The molecule has 3 heterocycles. The summed E-state index contributed by atoms with van der Waals surface area (Å²) >= 11 is 3.33. The predicted molar refractivity (Wildman–Crippen MR) is 264 cm³/mol. The number of alkyl halides is 1. The number of rotatable bonds is 31. The number of hydrogen-bond donors (Lipinski definition) is 1. The van der Waals surface area contributed by atoms with Gasteiger partial charge in [0.05, 0.1) is 105 Å². The number of amides is 1. The molecule has 7 rings (SSSR count). The number of carbonyl (C=O) groups is 1. The molecule has 0 spiro atoms. The molecule has 4 aromatic rings. The molecule has 71 heavy (non-hydrogen) atoms. The number of ether oxygens (including phenoxy) is 14. The Morgan fingerprint density at radius 2 is 1.00 bits per heavy atom. The third-order valence-electron chi connectivity index (χ3n) is 11.9. The number of benzene rings is 4. The van der Waals surface area contributed by atoms with Crippen molar-refractivity contribution in [3.63, 3.8) is 0 Å². The zero-order valence-corrected chi connectivity index (χ0v) is 42.3. The van der Waals surface area contributed by atoms with Crippen LogP contribution in [0.15, 0.2) is 121 Å². The summed E-state index contributed by atoms with van der Waals surface area (Å²) in [6, 6.07) is 38.6. The lowest BCUT2D eigenvalue weighted by atomic mass is 9.94. The Balaban J connectivity index is 1.05.